The molecule has 4 nitrogen and oxygen atoms in total. The van der Waals surface area contributed by atoms with Gasteiger partial charge in [0.05, 0.1) is 15.7 Å². The molecule has 7 heteroatoms. The second-order valence-electron chi connectivity index (χ2n) is 3.58. The van der Waals surface area contributed by atoms with Crippen LogP contribution in [0.25, 0.3) is 0 Å². The number of rotatable bonds is 3. The van der Waals surface area contributed by atoms with Gasteiger partial charge in [-0.2, -0.15) is 0 Å². The van der Waals surface area contributed by atoms with Crippen molar-refractivity contribution >= 4 is 56.6 Å². The normalized spacial score (nSPS) is 10.3. The molecule has 0 aliphatic heterocycles. The van der Waals surface area contributed by atoms with Gasteiger partial charge in [-0.3, -0.25) is 0 Å². The largest absolute Gasteiger partial charge is 0.478 e. The van der Waals surface area contributed by atoms with Gasteiger partial charge < -0.3 is 10.4 Å². The third-order valence-electron chi connectivity index (χ3n) is 2.29. The molecular weight excluding hydrogens is 355 g/mol. The molecule has 2 aromatic rings. The Labute approximate surface area is 127 Å². The molecule has 19 heavy (non-hydrogen) atoms. The van der Waals surface area contributed by atoms with Crippen molar-refractivity contribution in [3.63, 3.8) is 0 Å². The van der Waals surface area contributed by atoms with Crippen molar-refractivity contribution in [3.8, 4) is 0 Å². The van der Waals surface area contributed by atoms with Crippen molar-refractivity contribution in [2.75, 3.05) is 5.32 Å². The van der Waals surface area contributed by atoms with E-state index in [2.05, 4.69) is 26.2 Å². The third-order valence-corrected chi connectivity index (χ3v) is 3.35. The van der Waals surface area contributed by atoms with Crippen LogP contribution in [-0.4, -0.2) is 16.1 Å². The SMILES string of the molecule is O=C(O)c1cc(Br)cnc1Nc1c(Cl)cccc1Cl. The van der Waals surface area contributed by atoms with E-state index in [0.29, 0.717) is 20.2 Å². The molecule has 2 N–H and O–H groups in total. The van der Waals surface area contributed by atoms with Crippen LogP contribution in [0, 0.1) is 0 Å². The Kier molecular flexibility index (Phi) is 4.29. The molecule has 0 saturated carbocycles. The van der Waals surface area contributed by atoms with Gasteiger partial charge in [-0.05, 0) is 34.1 Å². The van der Waals surface area contributed by atoms with Crippen LogP contribution in [0.2, 0.25) is 10.0 Å². The van der Waals surface area contributed by atoms with Crippen LogP contribution in [0.4, 0.5) is 11.5 Å². The van der Waals surface area contributed by atoms with Gasteiger partial charge in [0.25, 0.3) is 0 Å². The number of aromatic carboxylic acids is 1. The Bertz CT molecular complexity index is 629. The van der Waals surface area contributed by atoms with Gasteiger partial charge in [0, 0.05) is 10.7 Å². The first kappa shape index (κ1) is 14.1. The average molecular weight is 362 g/mol. The van der Waals surface area contributed by atoms with Crippen LogP contribution >= 0.6 is 39.1 Å². The summed E-state index contributed by atoms with van der Waals surface area (Å²) in [6, 6.07) is 6.44. The molecule has 1 aromatic carbocycles. The maximum atomic E-state index is 11.2. The van der Waals surface area contributed by atoms with Gasteiger partial charge in [0.15, 0.2) is 0 Å². The van der Waals surface area contributed by atoms with Crippen molar-refractivity contribution in [3.05, 3.63) is 50.5 Å². The lowest BCUT2D eigenvalue weighted by molar-refractivity contribution is 0.0697. The van der Waals surface area contributed by atoms with E-state index in [4.69, 9.17) is 28.3 Å². The van der Waals surface area contributed by atoms with Crippen LogP contribution in [0.5, 0.6) is 0 Å². The predicted octanol–water partition coefficient (Wildman–Crippen LogP) is 4.59. The summed E-state index contributed by atoms with van der Waals surface area (Å²) in [6.07, 6.45) is 1.49. The Morgan fingerprint density at radius 3 is 2.53 bits per heavy atom. The van der Waals surface area contributed by atoms with Gasteiger partial charge in [-0.25, -0.2) is 9.78 Å². The van der Waals surface area contributed by atoms with Gasteiger partial charge >= 0.3 is 5.97 Å². The first-order chi connectivity index (χ1) is 8.99. The Morgan fingerprint density at radius 1 is 1.32 bits per heavy atom. The summed E-state index contributed by atoms with van der Waals surface area (Å²) >= 11 is 15.2. The average Bonchev–Trinajstić information content (AvgIpc) is 2.35. The summed E-state index contributed by atoms with van der Waals surface area (Å²) in [5.74, 6) is -0.926. The van der Waals surface area contributed by atoms with E-state index >= 15 is 0 Å². The topological polar surface area (TPSA) is 62.2 Å². The summed E-state index contributed by atoms with van der Waals surface area (Å²) in [6.45, 7) is 0. The Hall–Kier alpha value is -1.30. The number of para-hydroxylation sites is 1. The molecule has 0 atom stereocenters. The van der Waals surface area contributed by atoms with Crippen molar-refractivity contribution in [1.29, 1.82) is 0 Å². The highest BCUT2D eigenvalue weighted by atomic mass is 79.9. The molecule has 0 aliphatic rings. The first-order valence-electron chi connectivity index (χ1n) is 5.09. The van der Waals surface area contributed by atoms with Crippen LogP contribution in [0.3, 0.4) is 0 Å². The highest BCUT2D eigenvalue weighted by molar-refractivity contribution is 9.10. The molecule has 0 unspecified atom stereocenters. The predicted molar refractivity (Wildman–Crippen MR) is 78.6 cm³/mol. The molecule has 0 bridgehead atoms. The lowest BCUT2D eigenvalue weighted by Crippen LogP contribution is -2.05. The molecule has 0 saturated heterocycles. The van der Waals surface area contributed by atoms with Crippen molar-refractivity contribution < 1.29 is 9.90 Å². The second kappa shape index (κ2) is 5.77. The van der Waals surface area contributed by atoms with Gasteiger partial charge in [-0.15, -0.1) is 0 Å². The number of halogens is 3. The monoisotopic (exact) mass is 360 g/mol. The Balaban J connectivity index is 2.47. The molecule has 1 heterocycles. The van der Waals surface area contributed by atoms with E-state index in [9.17, 15) is 4.79 Å². The van der Waals surface area contributed by atoms with E-state index in [0.717, 1.165) is 0 Å². The van der Waals surface area contributed by atoms with E-state index in [1.54, 1.807) is 18.2 Å². The number of benzene rings is 1. The minimum absolute atomic E-state index is 0.0189. The number of nitrogens with zero attached hydrogens (tertiary/aromatic N) is 1. The van der Waals surface area contributed by atoms with Crippen molar-refractivity contribution in [2.45, 2.75) is 0 Å². The number of aromatic nitrogens is 1. The third kappa shape index (κ3) is 3.18. The molecule has 0 amide bonds. The second-order valence-corrected chi connectivity index (χ2v) is 5.31. The highest BCUT2D eigenvalue weighted by Crippen LogP contribution is 2.33. The summed E-state index contributed by atoms with van der Waals surface area (Å²) < 4.78 is 0.570. The maximum Gasteiger partial charge on any atom is 0.339 e. The fraction of sp³-hybridized carbons (Fsp3) is 0. The fourth-order valence-corrected chi connectivity index (χ4v) is 2.26. The van der Waals surface area contributed by atoms with Crippen LogP contribution in [0.15, 0.2) is 34.9 Å². The molecule has 1 aromatic heterocycles. The first-order valence-corrected chi connectivity index (χ1v) is 6.64. The number of pyridine rings is 1. The molecule has 0 radical (unpaired) electrons. The quantitative estimate of drug-likeness (QED) is 0.839. The fourth-order valence-electron chi connectivity index (χ4n) is 1.44. The smallest absolute Gasteiger partial charge is 0.339 e. The molecular formula is C12H7BrCl2N2O2. The molecule has 2 rings (SSSR count). The zero-order valence-corrected chi connectivity index (χ0v) is 12.4. The van der Waals surface area contributed by atoms with E-state index in [-0.39, 0.29) is 11.4 Å². The number of hydrogen-bond donors (Lipinski definition) is 2. The molecule has 98 valence electrons. The number of carbonyl (C=O) groups is 1. The van der Waals surface area contributed by atoms with Crippen molar-refractivity contribution in [2.24, 2.45) is 0 Å². The minimum Gasteiger partial charge on any atom is -0.478 e. The lowest BCUT2D eigenvalue weighted by Gasteiger charge is -2.11. The van der Waals surface area contributed by atoms with E-state index in [1.807, 2.05) is 0 Å². The highest BCUT2D eigenvalue weighted by Gasteiger charge is 2.14. The van der Waals surface area contributed by atoms with Crippen molar-refractivity contribution in [1.82, 2.24) is 4.98 Å². The van der Waals surface area contributed by atoms with Gasteiger partial charge in [-0.1, -0.05) is 29.3 Å². The number of anilines is 2. The maximum absolute atomic E-state index is 11.2. The van der Waals surface area contributed by atoms with Crippen LogP contribution < -0.4 is 5.32 Å². The summed E-state index contributed by atoms with van der Waals surface area (Å²) in [4.78, 5) is 15.2. The number of nitrogens with one attached hydrogen (secondary N) is 1. The van der Waals surface area contributed by atoms with Crippen LogP contribution in [0.1, 0.15) is 10.4 Å². The number of carboxylic acid groups (broad SMARTS) is 1. The lowest BCUT2D eigenvalue weighted by atomic mass is 10.2. The zero-order chi connectivity index (χ0) is 14.0. The summed E-state index contributed by atoms with van der Waals surface area (Å²) in [7, 11) is 0. The van der Waals surface area contributed by atoms with Gasteiger partial charge in [0.2, 0.25) is 0 Å². The van der Waals surface area contributed by atoms with Crippen LogP contribution in [-0.2, 0) is 0 Å². The minimum atomic E-state index is -1.10. The number of carboxylic acids is 1. The Morgan fingerprint density at radius 2 is 1.95 bits per heavy atom. The van der Waals surface area contributed by atoms with Gasteiger partial charge in [0.1, 0.15) is 11.4 Å². The number of hydrogen-bond acceptors (Lipinski definition) is 3. The summed E-state index contributed by atoms with van der Waals surface area (Å²) in [5, 5.41) is 12.7. The standard InChI is InChI=1S/C12H7BrCl2N2O2/c13-6-4-7(12(18)19)11(16-5-6)17-10-8(14)2-1-3-9(10)15/h1-5H,(H,16,17)(H,18,19). The molecule has 0 aliphatic carbocycles. The molecule has 0 spiro atoms. The van der Waals surface area contributed by atoms with E-state index in [1.165, 1.54) is 12.3 Å². The summed E-state index contributed by atoms with van der Waals surface area (Å²) in [5.41, 5.74) is 0.438. The van der Waals surface area contributed by atoms with E-state index < -0.39 is 5.97 Å². The zero-order valence-electron chi connectivity index (χ0n) is 9.32. The molecule has 0 fully saturated rings.